The van der Waals surface area contributed by atoms with Crippen LogP contribution in [0.1, 0.15) is 12.5 Å². The molecule has 2 amide bonds. The number of ether oxygens (including phenoxy) is 3. The number of para-hydroxylation sites is 1. The highest BCUT2D eigenvalue weighted by atomic mass is 32.2. The Bertz CT molecular complexity index is 945. The number of methoxy groups -OCH3 is 2. The maximum atomic E-state index is 12.7. The SMILES string of the molecule is COc1cc(C=C2SC(=O)N(c3ccccc3)C2=O)cc(OC)c1OC(C)=O. The Kier molecular flexibility index (Phi) is 5.70. The summed E-state index contributed by atoms with van der Waals surface area (Å²) in [5.74, 6) is -0.255. The Labute approximate surface area is 165 Å². The van der Waals surface area contributed by atoms with Gasteiger partial charge in [-0.3, -0.25) is 14.4 Å². The van der Waals surface area contributed by atoms with Gasteiger partial charge in [0.1, 0.15) is 0 Å². The number of amides is 2. The minimum absolute atomic E-state index is 0.145. The molecule has 1 fully saturated rings. The van der Waals surface area contributed by atoms with E-state index >= 15 is 0 Å². The third-order valence-electron chi connectivity index (χ3n) is 3.83. The molecule has 1 aliphatic heterocycles. The van der Waals surface area contributed by atoms with Crippen molar-refractivity contribution in [3.8, 4) is 17.2 Å². The number of hydrogen-bond acceptors (Lipinski definition) is 7. The smallest absolute Gasteiger partial charge is 0.308 e. The quantitative estimate of drug-likeness (QED) is 0.429. The monoisotopic (exact) mass is 399 g/mol. The van der Waals surface area contributed by atoms with Gasteiger partial charge in [0.25, 0.3) is 11.1 Å². The summed E-state index contributed by atoms with van der Waals surface area (Å²) in [6, 6.07) is 11.9. The molecule has 144 valence electrons. The molecular weight excluding hydrogens is 382 g/mol. The largest absolute Gasteiger partial charge is 0.493 e. The Balaban J connectivity index is 1.98. The summed E-state index contributed by atoms with van der Waals surface area (Å²) in [4.78, 5) is 37.8. The van der Waals surface area contributed by atoms with Crippen LogP contribution in [0.3, 0.4) is 0 Å². The maximum absolute atomic E-state index is 12.7. The molecule has 0 radical (unpaired) electrons. The van der Waals surface area contributed by atoms with E-state index in [1.165, 1.54) is 21.1 Å². The zero-order valence-electron chi connectivity index (χ0n) is 15.4. The summed E-state index contributed by atoms with van der Waals surface area (Å²) in [7, 11) is 2.85. The molecule has 1 heterocycles. The second kappa shape index (κ2) is 8.18. The number of thioether (sulfide) groups is 1. The van der Waals surface area contributed by atoms with E-state index in [4.69, 9.17) is 14.2 Å². The predicted molar refractivity (Wildman–Crippen MR) is 106 cm³/mol. The molecule has 0 spiro atoms. The van der Waals surface area contributed by atoms with Crippen molar-refractivity contribution in [2.45, 2.75) is 6.92 Å². The van der Waals surface area contributed by atoms with Gasteiger partial charge in [-0.2, -0.15) is 0 Å². The molecule has 8 heteroatoms. The van der Waals surface area contributed by atoms with E-state index in [9.17, 15) is 14.4 Å². The second-order valence-corrected chi connectivity index (χ2v) is 6.69. The van der Waals surface area contributed by atoms with E-state index in [0.717, 1.165) is 16.7 Å². The number of imide groups is 1. The summed E-state index contributed by atoms with van der Waals surface area (Å²) in [6.45, 7) is 1.27. The fraction of sp³-hybridized carbons (Fsp3) is 0.150. The van der Waals surface area contributed by atoms with E-state index < -0.39 is 11.9 Å². The summed E-state index contributed by atoms with van der Waals surface area (Å²) >= 11 is 0.845. The van der Waals surface area contributed by atoms with Crippen LogP contribution in [-0.2, 0) is 9.59 Å². The van der Waals surface area contributed by atoms with Gasteiger partial charge in [0.05, 0.1) is 24.8 Å². The van der Waals surface area contributed by atoms with Crippen molar-refractivity contribution in [3.05, 3.63) is 52.9 Å². The molecule has 1 saturated heterocycles. The summed E-state index contributed by atoms with van der Waals surface area (Å²) in [6.07, 6.45) is 1.57. The maximum Gasteiger partial charge on any atom is 0.308 e. The highest BCUT2D eigenvalue weighted by molar-refractivity contribution is 8.19. The first-order chi connectivity index (χ1) is 13.4. The van der Waals surface area contributed by atoms with Crippen molar-refractivity contribution in [3.63, 3.8) is 0 Å². The molecule has 1 aliphatic rings. The number of benzene rings is 2. The molecule has 28 heavy (non-hydrogen) atoms. The summed E-state index contributed by atoms with van der Waals surface area (Å²) < 4.78 is 15.7. The number of anilines is 1. The number of carbonyl (C=O) groups excluding carboxylic acids is 3. The fourth-order valence-electron chi connectivity index (χ4n) is 2.65. The molecular formula is C20H17NO6S. The van der Waals surface area contributed by atoms with Crippen molar-refractivity contribution < 1.29 is 28.6 Å². The average molecular weight is 399 g/mol. The van der Waals surface area contributed by atoms with Crippen LogP contribution in [-0.4, -0.2) is 31.3 Å². The van der Waals surface area contributed by atoms with E-state index in [2.05, 4.69) is 0 Å². The van der Waals surface area contributed by atoms with Gasteiger partial charge in [0.2, 0.25) is 5.75 Å². The number of esters is 1. The van der Waals surface area contributed by atoms with E-state index in [-0.39, 0.29) is 27.4 Å². The van der Waals surface area contributed by atoms with Gasteiger partial charge in [-0.05, 0) is 47.7 Å². The van der Waals surface area contributed by atoms with E-state index in [0.29, 0.717) is 11.3 Å². The number of rotatable bonds is 5. The zero-order valence-corrected chi connectivity index (χ0v) is 16.2. The third kappa shape index (κ3) is 3.86. The Morgan fingerprint density at radius 1 is 1.04 bits per heavy atom. The molecule has 0 atom stereocenters. The standard InChI is InChI=1S/C20H17NO6S/c1-12(22)27-18-15(25-2)9-13(10-16(18)26-3)11-17-19(23)21(20(24)28-17)14-7-5-4-6-8-14/h4-11H,1-3H3. The van der Waals surface area contributed by atoms with Crippen molar-refractivity contribution in [2.24, 2.45) is 0 Å². The molecule has 3 rings (SSSR count). The minimum Gasteiger partial charge on any atom is -0.493 e. The highest BCUT2D eigenvalue weighted by Crippen LogP contribution is 2.41. The van der Waals surface area contributed by atoms with Crippen molar-refractivity contribution in [1.82, 2.24) is 0 Å². The lowest BCUT2D eigenvalue weighted by Crippen LogP contribution is -2.27. The van der Waals surface area contributed by atoms with Gasteiger partial charge in [-0.15, -0.1) is 0 Å². The number of carbonyl (C=O) groups is 3. The lowest BCUT2D eigenvalue weighted by atomic mass is 10.1. The third-order valence-corrected chi connectivity index (χ3v) is 4.70. The van der Waals surface area contributed by atoms with Gasteiger partial charge >= 0.3 is 5.97 Å². The van der Waals surface area contributed by atoms with Crippen LogP contribution in [0.15, 0.2) is 47.4 Å². The van der Waals surface area contributed by atoms with Crippen molar-refractivity contribution in [1.29, 1.82) is 0 Å². The van der Waals surface area contributed by atoms with E-state index in [1.54, 1.807) is 42.5 Å². The molecule has 0 aromatic heterocycles. The normalized spacial score (nSPS) is 15.1. The molecule has 2 aromatic rings. The first kappa shape index (κ1) is 19.5. The predicted octanol–water partition coefficient (Wildman–Crippen LogP) is 3.87. The van der Waals surface area contributed by atoms with Crippen LogP contribution in [0.4, 0.5) is 10.5 Å². The fourth-order valence-corrected chi connectivity index (χ4v) is 3.49. The molecule has 2 aromatic carbocycles. The Hall–Kier alpha value is -3.26. The van der Waals surface area contributed by atoms with Gasteiger partial charge < -0.3 is 14.2 Å². The molecule has 0 N–H and O–H groups in total. The van der Waals surface area contributed by atoms with Gasteiger partial charge in [0, 0.05) is 6.92 Å². The highest BCUT2D eigenvalue weighted by Gasteiger charge is 2.36. The van der Waals surface area contributed by atoms with Gasteiger partial charge in [-0.25, -0.2) is 4.90 Å². The topological polar surface area (TPSA) is 82.1 Å². The lowest BCUT2D eigenvalue weighted by Gasteiger charge is -2.13. The average Bonchev–Trinajstić information content (AvgIpc) is 2.96. The van der Waals surface area contributed by atoms with Crippen LogP contribution < -0.4 is 19.1 Å². The van der Waals surface area contributed by atoms with Crippen LogP contribution >= 0.6 is 11.8 Å². The van der Waals surface area contributed by atoms with Gasteiger partial charge in [0.15, 0.2) is 11.5 Å². The minimum atomic E-state index is -0.520. The van der Waals surface area contributed by atoms with Crippen molar-refractivity contribution in [2.75, 3.05) is 19.1 Å². The van der Waals surface area contributed by atoms with Crippen molar-refractivity contribution >= 4 is 40.6 Å². The van der Waals surface area contributed by atoms with Crippen LogP contribution in [0.2, 0.25) is 0 Å². The molecule has 0 aliphatic carbocycles. The van der Waals surface area contributed by atoms with Crippen LogP contribution in [0.5, 0.6) is 17.2 Å². The molecule has 0 bridgehead atoms. The first-order valence-electron chi connectivity index (χ1n) is 8.22. The molecule has 7 nitrogen and oxygen atoms in total. The first-order valence-corrected chi connectivity index (χ1v) is 9.03. The lowest BCUT2D eigenvalue weighted by molar-refractivity contribution is -0.132. The van der Waals surface area contributed by atoms with Crippen LogP contribution in [0, 0.1) is 0 Å². The number of nitrogens with zero attached hydrogens (tertiary/aromatic N) is 1. The molecule has 0 unspecified atom stereocenters. The molecule has 0 saturated carbocycles. The van der Waals surface area contributed by atoms with Crippen LogP contribution in [0.25, 0.3) is 6.08 Å². The Morgan fingerprint density at radius 2 is 1.64 bits per heavy atom. The Morgan fingerprint density at radius 3 is 2.18 bits per heavy atom. The van der Waals surface area contributed by atoms with Gasteiger partial charge in [-0.1, -0.05) is 18.2 Å². The number of hydrogen-bond donors (Lipinski definition) is 0. The van der Waals surface area contributed by atoms with E-state index in [1.807, 2.05) is 6.07 Å². The second-order valence-electron chi connectivity index (χ2n) is 5.70. The summed E-state index contributed by atoms with van der Waals surface area (Å²) in [5.41, 5.74) is 1.07. The summed E-state index contributed by atoms with van der Waals surface area (Å²) in [5, 5.41) is -0.377. The zero-order chi connectivity index (χ0) is 20.3.